The molecular weight excluding hydrogens is 404 g/mol. The molecule has 0 unspecified atom stereocenters. The normalized spacial score (nSPS) is 14.1. The molecule has 7 heteroatoms. The minimum Gasteiger partial charge on any atom is -0.495 e. The highest BCUT2D eigenvalue weighted by atomic mass is 35.5. The Bertz CT molecular complexity index is 957. The second-order valence-corrected chi connectivity index (χ2v) is 7.53. The first kappa shape index (κ1) is 21.9. The number of amides is 2. The van der Waals surface area contributed by atoms with Crippen molar-refractivity contribution >= 4 is 34.7 Å². The van der Waals surface area contributed by atoms with Crippen molar-refractivity contribution < 1.29 is 19.1 Å². The molecule has 0 radical (unpaired) electrons. The molecule has 2 amide bonds. The summed E-state index contributed by atoms with van der Waals surface area (Å²) in [6, 6.07) is 14.3. The maximum atomic E-state index is 13.1. The van der Waals surface area contributed by atoms with E-state index >= 15 is 0 Å². The zero-order chi connectivity index (χ0) is 21.7. The fraction of sp³-hybridized carbons (Fsp3) is 0.304. The van der Waals surface area contributed by atoms with Gasteiger partial charge in [0.25, 0.3) is 11.8 Å². The molecule has 0 saturated carbocycles. The van der Waals surface area contributed by atoms with E-state index in [1.165, 1.54) is 12.0 Å². The van der Waals surface area contributed by atoms with Gasteiger partial charge in [0.15, 0.2) is 0 Å². The van der Waals surface area contributed by atoms with Gasteiger partial charge < -0.3 is 14.8 Å². The number of carbonyl (C=O) groups excluding carboxylic acids is 2. The van der Waals surface area contributed by atoms with Crippen LogP contribution in [-0.2, 0) is 14.3 Å². The lowest BCUT2D eigenvalue weighted by atomic mass is 10.0. The Morgan fingerprint density at radius 2 is 1.80 bits per heavy atom. The largest absolute Gasteiger partial charge is 0.495 e. The average molecular weight is 429 g/mol. The van der Waals surface area contributed by atoms with E-state index in [-0.39, 0.29) is 30.2 Å². The van der Waals surface area contributed by atoms with E-state index in [1.54, 1.807) is 18.2 Å². The molecule has 6 nitrogen and oxygen atoms in total. The van der Waals surface area contributed by atoms with E-state index in [2.05, 4.69) is 5.32 Å². The maximum absolute atomic E-state index is 13.1. The van der Waals surface area contributed by atoms with Crippen LogP contribution < -0.4 is 10.1 Å². The van der Waals surface area contributed by atoms with Crippen LogP contribution in [0.4, 0.5) is 5.69 Å². The Kier molecular flexibility index (Phi) is 7.13. The number of methoxy groups -OCH3 is 1. The van der Waals surface area contributed by atoms with Crippen molar-refractivity contribution in [2.45, 2.75) is 26.4 Å². The van der Waals surface area contributed by atoms with Gasteiger partial charge in [-0.15, -0.1) is 0 Å². The summed E-state index contributed by atoms with van der Waals surface area (Å²) < 4.78 is 10.7. The Morgan fingerprint density at radius 3 is 2.43 bits per heavy atom. The van der Waals surface area contributed by atoms with Crippen LogP contribution in [0.2, 0.25) is 5.02 Å². The molecule has 158 valence electrons. The standard InChI is InChI=1S/C23H25ClN2O4/c1-15(2)30-13-7-12-26-22(27)20(16-8-5-4-6-9-16)21(23(26)28)25-17-10-11-19(29-3)18(24)14-17/h4-6,8-11,14-15,25H,7,12-13H2,1-3H3. The monoisotopic (exact) mass is 428 g/mol. The number of hydrogen-bond donors (Lipinski definition) is 1. The maximum Gasteiger partial charge on any atom is 0.278 e. The van der Waals surface area contributed by atoms with Crippen molar-refractivity contribution in [3.63, 3.8) is 0 Å². The van der Waals surface area contributed by atoms with Crippen LogP contribution in [0.25, 0.3) is 5.57 Å². The first-order valence-corrected chi connectivity index (χ1v) is 10.2. The summed E-state index contributed by atoms with van der Waals surface area (Å²) in [6.07, 6.45) is 0.671. The molecule has 1 heterocycles. The summed E-state index contributed by atoms with van der Waals surface area (Å²) >= 11 is 6.21. The molecule has 2 aromatic carbocycles. The zero-order valence-corrected chi connectivity index (χ0v) is 18.0. The predicted octanol–water partition coefficient (Wildman–Crippen LogP) is 4.36. The van der Waals surface area contributed by atoms with E-state index in [0.717, 1.165) is 0 Å². The van der Waals surface area contributed by atoms with Gasteiger partial charge in [0.1, 0.15) is 11.4 Å². The van der Waals surface area contributed by atoms with Gasteiger partial charge >= 0.3 is 0 Å². The smallest absolute Gasteiger partial charge is 0.278 e. The van der Waals surface area contributed by atoms with Crippen molar-refractivity contribution in [2.24, 2.45) is 0 Å². The van der Waals surface area contributed by atoms with Gasteiger partial charge in [0.05, 0.1) is 23.8 Å². The number of imide groups is 1. The van der Waals surface area contributed by atoms with E-state index in [4.69, 9.17) is 21.1 Å². The van der Waals surface area contributed by atoms with Crippen LogP contribution in [0.1, 0.15) is 25.8 Å². The van der Waals surface area contributed by atoms with Gasteiger partial charge in [-0.3, -0.25) is 14.5 Å². The molecule has 0 aromatic heterocycles. The summed E-state index contributed by atoms with van der Waals surface area (Å²) in [5.41, 5.74) is 1.85. The number of rotatable bonds is 9. The second kappa shape index (κ2) is 9.78. The van der Waals surface area contributed by atoms with Gasteiger partial charge in [-0.1, -0.05) is 41.9 Å². The summed E-state index contributed by atoms with van der Waals surface area (Å²) in [5.74, 6) is -0.159. The summed E-state index contributed by atoms with van der Waals surface area (Å²) in [7, 11) is 1.53. The van der Waals surface area contributed by atoms with E-state index in [0.29, 0.717) is 40.6 Å². The van der Waals surface area contributed by atoms with Crippen LogP contribution in [0, 0.1) is 0 Å². The minimum atomic E-state index is -0.365. The van der Waals surface area contributed by atoms with E-state index < -0.39 is 0 Å². The van der Waals surface area contributed by atoms with E-state index in [9.17, 15) is 9.59 Å². The molecule has 0 aliphatic carbocycles. The summed E-state index contributed by atoms with van der Waals surface area (Å²) in [4.78, 5) is 27.5. The topological polar surface area (TPSA) is 67.9 Å². The van der Waals surface area contributed by atoms with Crippen molar-refractivity contribution in [3.05, 3.63) is 64.8 Å². The van der Waals surface area contributed by atoms with Crippen molar-refractivity contribution in [1.29, 1.82) is 0 Å². The van der Waals surface area contributed by atoms with Crippen LogP contribution in [0.3, 0.4) is 0 Å². The quantitative estimate of drug-likeness (QED) is 0.475. The summed E-state index contributed by atoms with van der Waals surface area (Å²) in [6.45, 7) is 4.66. The van der Waals surface area contributed by atoms with Crippen LogP contribution in [-0.4, -0.2) is 43.1 Å². The number of carbonyl (C=O) groups is 2. The van der Waals surface area contributed by atoms with Crippen LogP contribution >= 0.6 is 11.6 Å². The molecule has 1 N–H and O–H groups in total. The lowest BCUT2D eigenvalue weighted by Gasteiger charge is -2.16. The second-order valence-electron chi connectivity index (χ2n) is 7.13. The Labute approximate surface area is 181 Å². The highest BCUT2D eigenvalue weighted by molar-refractivity contribution is 6.36. The average Bonchev–Trinajstić information content (AvgIpc) is 2.95. The molecule has 3 rings (SSSR count). The number of ether oxygens (including phenoxy) is 2. The van der Waals surface area contributed by atoms with Crippen LogP contribution in [0.5, 0.6) is 5.75 Å². The lowest BCUT2D eigenvalue weighted by Crippen LogP contribution is -2.34. The third kappa shape index (κ3) is 4.83. The predicted molar refractivity (Wildman–Crippen MR) is 117 cm³/mol. The Hall–Kier alpha value is -2.83. The third-order valence-corrected chi connectivity index (χ3v) is 4.92. The van der Waals surface area contributed by atoms with Gasteiger partial charge in [-0.2, -0.15) is 0 Å². The van der Waals surface area contributed by atoms with Gasteiger partial charge in [0, 0.05) is 18.8 Å². The molecule has 1 aliphatic heterocycles. The zero-order valence-electron chi connectivity index (χ0n) is 17.3. The molecule has 0 bridgehead atoms. The minimum absolute atomic E-state index is 0.102. The fourth-order valence-corrected chi connectivity index (χ4v) is 3.46. The molecule has 30 heavy (non-hydrogen) atoms. The Balaban J connectivity index is 1.89. The molecule has 0 spiro atoms. The molecule has 0 saturated heterocycles. The third-order valence-electron chi connectivity index (χ3n) is 4.63. The molecular formula is C23H25ClN2O4. The van der Waals surface area contributed by atoms with Crippen molar-refractivity contribution in [3.8, 4) is 5.75 Å². The number of halogens is 1. The van der Waals surface area contributed by atoms with E-state index in [1.807, 2.05) is 44.2 Å². The Morgan fingerprint density at radius 1 is 1.07 bits per heavy atom. The highest BCUT2D eigenvalue weighted by Gasteiger charge is 2.38. The number of nitrogens with zero attached hydrogens (tertiary/aromatic N) is 1. The van der Waals surface area contributed by atoms with Crippen LogP contribution in [0.15, 0.2) is 54.2 Å². The fourth-order valence-electron chi connectivity index (χ4n) is 3.20. The molecule has 2 aromatic rings. The number of anilines is 1. The first-order chi connectivity index (χ1) is 14.4. The number of nitrogens with one attached hydrogen (secondary N) is 1. The first-order valence-electron chi connectivity index (χ1n) is 9.80. The SMILES string of the molecule is COc1ccc(NC2=C(c3ccccc3)C(=O)N(CCCOC(C)C)C2=O)cc1Cl. The van der Waals surface area contributed by atoms with Crippen molar-refractivity contribution in [2.75, 3.05) is 25.6 Å². The molecule has 0 fully saturated rings. The number of benzene rings is 2. The molecule has 1 aliphatic rings. The summed E-state index contributed by atoms with van der Waals surface area (Å²) in [5, 5.41) is 3.50. The van der Waals surface area contributed by atoms with Gasteiger partial charge in [-0.05, 0) is 44.0 Å². The molecule has 0 atom stereocenters. The van der Waals surface area contributed by atoms with Gasteiger partial charge in [0.2, 0.25) is 0 Å². The van der Waals surface area contributed by atoms with Crippen molar-refractivity contribution in [1.82, 2.24) is 4.90 Å². The highest BCUT2D eigenvalue weighted by Crippen LogP contribution is 2.33. The number of hydrogen-bond acceptors (Lipinski definition) is 5. The van der Waals surface area contributed by atoms with Gasteiger partial charge in [-0.25, -0.2) is 0 Å². The lowest BCUT2D eigenvalue weighted by molar-refractivity contribution is -0.137.